The number of esters is 1. The largest absolute Gasteiger partial charge is 0.459 e. The highest BCUT2D eigenvalue weighted by Gasteiger charge is 2.48. The van der Waals surface area contributed by atoms with Crippen LogP contribution in [0, 0.1) is 5.92 Å². The number of ether oxygens (including phenoxy) is 1. The minimum Gasteiger partial charge on any atom is -0.459 e. The maximum absolute atomic E-state index is 12.9. The molecule has 1 aromatic carbocycles. The number of carbonyl (C=O) groups is 1. The summed E-state index contributed by atoms with van der Waals surface area (Å²) in [4.78, 5) is 15.1. The normalized spacial score (nSPS) is 24.8. The smallest absolute Gasteiger partial charge is 0.343 e. The van der Waals surface area contributed by atoms with E-state index in [0.717, 1.165) is 51.6 Å². The Labute approximate surface area is 150 Å². The van der Waals surface area contributed by atoms with Crippen LogP contribution in [0.15, 0.2) is 30.3 Å². The molecule has 1 N–H and O–H groups in total. The van der Waals surface area contributed by atoms with Crippen molar-refractivity contribution >= 4 is 18.4 Å². The molecule has 1 heterocycles. The molecule has 0 amide bonds. The Morgan fingerprint density at radius 3 is 2.46 bits per heavy atom. The molecule has 3 rings (SSSR count). The summed E-state index contributed by atoms with van der Waals surface area (Å²) in [5, 5.41) is 11.4. The average Bonchev–Trinajstić information content (AvgIpc) is 3.10. The molecular weight excluding hydrogens is 326 g/mol. The standard InChI is InChI=1S/C19H27NO3.ClH/c1-20-13-7-12-17(14-20)23-18(21)19(22,16-10-5-6-11-16)15-8-3-2-4-9-15;/h2-4,8-9,16-17,22H,5-7,10-14H2,1H3;1H. The third kappa shape index (κ3) is 3.93. The lowest BCUT2D eigenvalue weighted by Crippen LogP contribution is -2.47. The van der Waals surface area contributed by atoms with Crippen LogP contribution in [0.2, 0.25) is 0 Å². The third-order valence-electron chi connectivity index (χ3n) is 5.33. The zero-order valence-corrected chi connectivity index (χ0v) is 15.1. The number of hydrogen-bond acceptors (Lipinski definition) is 4. The maximum atomic E-state index is 12.9. The molecule has 24 heavy (non-hydrogen) atoms. The molecule has 0 radical (unpaired) electrons. The van der Waals surface area contributed by atoms with Crippen LogP contribution < -0.4 is 0 Å². The van der Waals surface area contributed by atoms with Crippen LogP contribution in [0.3, 0.4) is 0 Å². The van der Waals surface area contributed by atoms with Crippen LogP contribution in [0.5, 0.6) is 0 Å². The van der Waals surface area contributed by atoms with Crippen molar-refractivity contribution in [2.75, 3.05) is 20.1 Å². The number of likely N-dealkylation sites (N-methyl/N-ethyl adjacent to an activating group) is 1. The van der Waals surface area contributed by atoms with Crippen LogP contribution in [0.1, 0.15) is 44.1 Å². The van der Waals surface area contributed by atoms with Gasteiger partial charge in [-0.1, -0.05) is 43.2 Å². The fourth-order valence-corrected chi connectivity index (χ4v) is 4.01. The number of likely N-dealkylation sites (tertiary alicyclic amines) is 1. The van der Waals surface area contributed by atoms with Crippen LogP contribution in [-0.4, -0.2) is 42.2 Å². The van der Waals surface area contributed by atoms with Crippen molar-refractivity contribution in [2.24, 2.45) is 5.92 Å². The van der Waals surface area contributed by atoms with Crippen molar-refractivity contribution in [1.82, 2.24) is 4.90 Å². The first kappa shape index (κ1) is 19.2. The molecule has 1 aliphatic heterocycles. The molecule has 2 aliphatic rings. The third-order valence-corrected chi connectivity index (χ3v) is 5.33. The van der Waals surface area contributed by atoms with E-state index >= 15 is 0 Å². The quantitative estimate of drug-likeness (QED) is 0.845. The number of aliphatic hydroxyl groups is 1. The van der Waals surface area contributed by atoms with E-state index < -0.39 is 11.6 Å². The van der Waals surface area contributed by atoms with E-state index in [1.54, 1.807) is 0 Å². The number of rotatable bonds is 4. The summed E-state index contributed by atoms with van der Waals surface area (Å²) in [5.41, 5.74) is -0.839. The fraction of sp³-hybridized carbons (Fsp3) is 0.632. The summed E-state index contributed by atoms with van der Waals surface area (Å²) in [5.74, 6) is -0.505. The van der Waals surface area contributed by atoms with Gasteiger partial charge in [-0.2, -0.15) is 0 Å². The molecule has 0 aromatic heterocycles. The Morgan fingerprint density at radius 1 is 1.17 bits per heavy atom. The van der Waals surface area contributed by atoms with E-state index in [-0.39, 0.29) is 24.4 Å². The molecule has 1 saturated heterocycles. The van der Waals surface area contributed by atoms with Crippen molar-refractivity contribution in [1.29, 1.82) is 0 Å². The van der Waals surface area contributed by atoms with Gasteiger partial charge in [-0.05, 0) is 44.8 Å². The van der Waals surface area contributed by atoms with Crippen LogP contribution in [-0.2, 0) is 15.1 Å². The van der Waals surface area contributed by atoms with Gasteiger partial charge in [0, 0.05) is 12.5 Å². The Kier molecular flexibility index (Phi) is 6.67. The van der Waals surface area contributed by atoms with Crippen molar-refractivity contribution in [2.45, 2.75) is 50.2 Å². The Morgan fingerprint density at radius 2 is 1.83 bits per heavy atom. The molecule has 1 aromatic rings. The highest BCUT2D eigenvalue weighted by atomic mass is 35.5. The van der Waals surface area contributed by atoms with Gasteiger partial charge in [0.05, 0.1) is 0 Å². The lowest BCUT2D eigenvalue weighted by Gasteiger charge is -2.36. The molecule has 1 aliphatic carbocycles. The molecule has 2 fully saturated rings. The molecule has 2 unspecified atom stereocenters. The van der Waals surface area contributed by atoms with Gasteiger partial charge in [0.15, 0.2) is 5.60 Å². The molecule has 1 saturated carbocycles. The predicted molar refractivity (Wildman–Crippen MR) is 96.2 cm³/mol. The number of hydrogen-bond donors (Lipinski definition) is 1. The first-order valence-electron chi connectivity index (χ1n) is 8.78. The second-order valence-electron chi connectivity index (χ2n) is 7.05. The van der Waals surface area contributed by atoms with E-state index in [2.05, 4.69) is 4.90 Å². The first-order valence-corrected chi connectivity index (χ1v) is 8.78. The lowest BCUT2D eigenvalue weighted by atomic mass is 9.80. The van der Waals surface area contributed by atoms with Gasteiger partial charge in [-0.3, -0.25) is 0 Å². The molecule has 5 heteroatoms. The average molecular weight is 354 g/mol. The van der Waals surface area contributed by atoms with Crippen molar-refractivity contribution in [3.63, 3.8) is 0 Å². The zero-order chi connectivity index (χ0) is 16.3. The molecule has 0 spiro atoms. The number of benzene rings is 1. The second kappa shape index (κ2) is 8.32. The summed E-state index contributed by atoms with van der Waals surface area (Å²) in [7, 11) is 2.04. The lowest BCUT2D eigenvalue weighted by molar-refractivity contribution is -0.181. The minimum atomic E-state index is -1.51. The topological polar surface area (TPSA) is 49.8 Å². The summed E-state index contributed by atoms with van der Waals surface area (Å²) >= 11 is 0. The highest BCUT2D eigenvalue weighted by molar-refractivity contribution is 5.85. The Balaban J connectivity index is 0.00000208. The predicted octanol–water partition coefficient (Wildman–Crippen LogP) is 3.12. The number of halogens is 1. The highest BCUT2D eigenvalue weighted by Crippen LogP contribution is 2.41. The molecule has 2 atom stereocenters. The SMILES string of the molecule is CN1CCCC(OC(=O)C(O)(c2ccccc2)C2CCCC2)C1.Cl. The van der Waals surface area contributed by atoms with Crippen LogP contribution in [0.25, 0.3) is 0 Å². The summed E-state index contributed by atoms with van der Waals surface area (Å²) in [6, 6.07) is 9.33. The van der Waals surface area contributed by atoms with E-state index in [0.29, 0.717) is 5.56 Å². The van der Waals surface area contributed by atoms with Crippen molar-refractivity contribution < 1.29 is 14.6 Å². The summed E-state index contributed by atoms with van der Waals surface area (Å²) in [6.07, 6.45) is 5.69. The molecule has 0 bridgehead atoms. The second-order valence-corrected chi connectivity index (χ2v) is 7.05. The fourth-order valence-electron chi connectivity index (χ4n) is 4.01. The van der Waals surface area contributed by atoms with Crippen LogP contribution in [0.4, 0.5) is 0 Å². The zero-order valence-electron chi connectivity index (χ0n) is 14.3. The van der Waals surface area contributed by atoms with Crippen molar-refractivity contribution in [3.05, 3.63) is 35.9 Å². The van der Waals surface area contributed by atoms with E-state index in [9.17, 15) is 9.90 Å². The van der Waals surface area contributed by atoms with Gasteiger partial charge in [0.25, 0.3) is 0 Å². The van der Waals surface area contributed by atoms with Gasteiger partial charge >= 0.3 is 5.97 Å². The maximum Gasteiger partial charge on any atom is 0.343 e. The van der Waals surface area contributed by atoms with Crippen LogP contribution >= 0.6 is 12.4 Å². The first-order chi connectivity index (χ1) is 11.1. The summed E-state index contributed by atoms with van der Waals surface area (Å²) in [6.45, 7) is 1.79. The molecule has 134 valence electrons. The Bertz CT molecular complexity index is 533. The van der Waals surface area contributed by atoms with E-state index in [4.69, 9.17) is 4.74 Å². The number of piperidine rings is 1. The van der Waals surface area contributed by atoms with Gasteiger partial charge < -0.3 is 14.7 Å². The van der Waals surface area contributed by atoms with E-state index in [1.807, 2.05) is 37.4 Å². The molecular formula is C19H28ClNO3. The Hall–Kier alpha value is -1.10. The number of nitrogens with zero attached hydrogens (tertiary/aromatic N) is 1. The van der Waals surface area contributed by atoms with Crippen molar-refractivity contribution in [3.8, 4) is 0 Å². The monoisotopic (exact) mass is 353 g/mol. The van der Waals surface area contributed by atoms with Gasteiger partial charge in [0.2, 0.25) is 0 Å². The molecule has 4 nitrogen and oxygen atoms in total. The number of carbonyl (C=O) groups excluding carboxylic acids is 1. The summed E-state index contributed by atoms with van der Waals surface area (Å²) < 4.78 is 5.76. The minimum absolute atomic E-state index is 0. The van der Waals surface area contributed by atoms with Gasteiger partial charge in [-0.25, -0.2) is 4.79 Å². The van der Waals surface area contributed by atoms with E-state index in [1.165, 1.54) is 0 Å². The van der Waals surface area contributed by atoms with Gasteiger partial charge in [0.1, 0.15) is 6.10 Å². The van der Waals surface area contributed by atoms with Gasteiger partial charge in [-0.15, -0.1) is 12.4 Å².